The fraction of sp³-hybridized carbons (Fsp3) is 0.846. The Labute approximate surface area is 114 Å². The molecule has 0 aromatic carbocycles. The summed E-state index contributed by atoms with van der Waals surface area (Å²) in [5.74, 6) is 0. The van der Waals surface area contributed by atoms with Crippen molar-refractivity contribution < 1.29 is 5.11 Å². The summed E-state index contributed by atoms with van der Waals surface area (Å²) >= 11 is 0. The molecule has 1 saturated carbocycles. The van der Waals surface area contributed by atoms with E-state index >= 15 is 0 Å². The fourth-order valence-corrected chi connectivity index (χ4v) is 2.63. The third-order valence-corrected chi connectivity index (χ3v) is 3.81. The number of likely N-dealkylation sites (N-methyl/N-ethyl adjacent to an activating group) is 1. The topological polar surface area (TPSA) is 66.2 Å². The van der Waals surface area contributed by atoms with Crippen LogP contribution in [0.3, 0.4) is 0 Å². The zero-order valence-corrected chi connectivity index (χ0v) is 11.8. The van der Waals surface area contributed by atoms with E-state index in [1.165, 1.54) is 25.7 Å². The van der Waals surface area contributed by atoms with Gasteiger partial charge in [-0.2, -0.15) is 0 Å². The van der Waals surface area contributed by atoms with Crippen LogP contribution in [0.25, 0.3) is 0 Å². The summed E-state index contributed by atoms with van der Waals surface area (Å²) in [5, 5.41) is 20.2. The van der Waals surface area contributed by atoms with E-state index in [1.807, 2.05) is 6.20 Å². The van der Waals surface area contributed by atoms with Gasteiger partial charge in [0.05, 0.1) is 18.8 Å². The molecule has 0 spiro atoms. The molecule has 1 fully saturated rings. The van der Waals surface area contributed by atoms with Crippen molar-refractivity contribution in [2.75, 3.05) is 26.7 Å². The Hall–Kier alpha value is -0.980. The summed E-state index contributed by atoms with van der Waals surface area (Å²) < 4.78 is 1.67. The van der Waals surface area contributed by atoms with Crippen LogP contribution < -0.4 is 5.32 Å². The zero-order valence-electron chi connectivity index (χ0n) is 11.8. The van der Waals surface area contributed by atoms with Crippen molar-refractivity contribution >= 4 is 0 Å². The summed E-state index contributed by atoms with van der Waals surface area (Å²) in [6, 6.07) is 0.784. The van der Waals surface area contributed by atoms with Gasteiger partial charge in [-0.1, -0.05) is 18.1 Å². The van der Waals surface area contributed by atoms with E-state index in [0.29, 0.717) is 6.54 Å². The molecule has 19 heavy (non-hydrogen) atoms. The van der Waals surface area contributed by atoms with Crippen LogP contribution in [0, 0.1) is 0 Å². The molecule has 0 aliphatic heterocycles. The van der Waals surface area contributed by atoms with Crippen LogP contribution >= 0.6 is 0 Å². The summed E-state index contributed by atoms with van der Waals surface area (Å²) in [6.45, 7) is 3.40. The summed E-state index contributed by atoms with van der Waals surface area (Å²) in [7, 11) is 2.22. The van der Waals surface area contributed by atoms with E-state index in [9.17, 15) is 0 Å². The van der Waals surface area contributed by atoms with E-state index < -0.39 is 0 Å². The van der Waals surface area contributed by atoms with Gasteiger partial charge in [0, 0.05) is 31.9 Å². The largest absolute Gasteiger partial charge is 0.394 e. The summed E-state index contributed by atoms with van der Waals surface area (Å²) in [5.41, 5.74) is 0.928. The van der Waals surface area contributed by atoms with Crippen LogP contribution in [-0.2, 0) is 13.1 Å². The van der Waals surface area contributed by atoms with Gasteiger partial charge in [0.25, 0.3) is 0 Å². The molecule has 0 saturated heterocycles. The van der Waals surface area contributed by atoms with E-state index in [1.54, 1.807) is 4.68 Å². The molecule has 0 bridgehead atoms. The standard InChI is InChI=1S/C13H25N5O/c1-17(13-4-2-3-5-13)7-6-14-10-12-11-18(8-9-19)16-15-12/h11,13-14,19H,2-10H2,1H3. The van der Waals surface area contributed by atoms with Gasteiger partial charge in [-0.25, -0.2) is 4.68 Å². The van der Waals surface area contributed by atoms with Gasteiger partial charge in [0.1, 0.15) is 0 Å². The molecule has 1 aliphatic rings. The monoisotopic (exact) mass is 267 g/mol. The minimum Gasteiger partial charge on any atom is -0.394 e. The zero-order chi connectivity index (χ0) is 13.5. The van der Waals surface area contributed by atoms with Crippen LogP contribution in [0.2, 0.25) is 0 Å². The number of aromatic nitrogens is 3. The molecule has 108 valence electrons. The third-order valence-electron chi connectivity index (χ3n) is 3.81. The molecule has 0 unspecified atom stereocenters. The molecular formula is C13H25N5O. The lowest BCUT2D eigenvalue weighted by Gasteiger charge is -2.23. The second-order valence-electron chi connectivity index (χ2n) is 5.29. The molecular weight excluding hydrogens is 242 g/mol. The Kier molecular flexibility index (Phi) is 5.75. The Bertz CT molecular complexity index is 362. The Morgan fingerprint density at radius 2 is 2.26 bits per heavy atom. The molecule has 1 aromatic rings. The predicted molar refractivity (Wildman–Crippen MR) is 73.7 cm³/mol. The molecule has 0 atom stereocenters. The highest BCUT2D eigenvalue weighted by molar-refractivity contribution is 4.91. The fourth-order valence-electron chi connectivity index (χ4n) is 2.63. The number of aliphatic hydroxyl groups excluding tert-OH is 1. The van der Waals surface area contributed by atoms with Crippen molar-refractivity contribution in [3.05, 3.63) is 11.9 Å². The van der Waals surface area contributed by atoms with Gasteiger partial charge in [-0.3, -0.25) is 0 Å². The number of hydrogen-bond acceptors (Lipinski definition) is 5. The van der Waals surface area contributed by atoms with E-state index in [0.717, 1.165) is 31.4 Å². The number of nitrogens with one attached hydrogen (secondary N) is 1. The third kappa shape index (κ3) is 4.56. The molecule has 6 heteroatoms. The van der Waals surface area contributed by atoms with Gasteiger partial charge < -0.3 is 15.3 Å². The van der Waals surface area contributed by atoms with E-state index in [2.05, 4.69) is 27.6 Å². The maximum Gasteiger partial charge on any atom is 0.0964 e. The van der Waals surface area contributed by atoms with Crippen molar-refractivity contribution in [2.45, 2.75) is 44.8 Å². The van der Waals surface area contributed by atoms with Crippen molar-refractivity contribution in [1.82, 2.24) is 25.2 Å². The molecule has 1 aliphatic carbocycles. The Balaban J connectivity index is 1.60. The number of nitrogens with zero attached hydrogens (tertiary/aromatic N) is 4. The van der Waals surface area contributed by atoms with Crippen molar-refractivity contribution in [1.29, 1.82) is 0 Å². The van der Waals surface area contributed by atoms with E-state index in [-0.39, 0.29) is 6.61 Å². The average molecular weight is 267 g/mol. The highest BCUT2D eigenvalue weighted by atomic mass is 16.3. The lowest BCUT2D eigenvalue weighted by molar-refractivity contribution is 0.245. The van der Waals surface area contributed by atoms with Gasteiger partial charge in [0.15, 0.2) is 0 Å². The molecule has 1 aromatic heterocycles. The first-order valence-corrected chi connectivity index (χ1v) is 7.20. The molecule has 2 rings (SSSR count). The SMILES string of the molecule is CN(CCNCc1cn(CCO)nn1)C1CCCC1. The van der Waals surface area contributed by atoms with Gasteiger partial charge in [-0.15, -0.1) is 5.10 Å². The van der Waals surface area contributed by atoms with Gasteiger partial charge >= 0.3 is 0 Å². The van der Waals surface area contributed by atoms with Crippen molar-refractivity contribution in [2.24, 2.45) is 0 Å². The first kappa shape index (κ1) is 14.4. The van der Waals surface area contributed by atoms with Crippen molar-refractivity contribution in [3.8, 4) is 0 Å². The summed E-state index contributed by atoms with van der Waals surface area (Å²) in [6.07, 6.45) is 7.36. The number of aliphatic hydroxyl groups is 1. The quantitative estimate of drug-likeness (QED) is 0.660. The van der Waals surface area contributed by atoms with Crippen LogP contribution in [0.1, 0.15) is 31.4 Å². The predicted octanol–water partition coefficient (Wildman–Crippen LogP) is 0.234. The smallest absolute Gasteiger partial charge is 0.0964 e. The molecule has 0 radical (unpaired) electrons. The Morgan fingerprint density at radius 1 is 1.47 bits per heavy atom. The van der Waals surface area contributed by atoms with Crippen LogP contribution in [0.4, 0.5) is 0 Å². The maximum absolute atomic E-state index is 8.80. The first-order chi connectivity index (χ1) is 9.29. The van der Waals surface area contributed by atoms with Gasteiger partial charge in [0.2, 0.25) is 0 Å². The van der Waals surface area contributed by atoms with Crippen LogP contribution in [-0.4, -0.2) is 57.8 Å². The summed E-state index contributed by atoms with van der Waals surface area (Å²) in [4.78, 5) is 2.46. The van der Waals surface area contributed by atoms with Gasteiger partial charge in [-0.05, 0) is 19.9 Å². The second-order valence-corrected chi connectivity index (χ2v) is 5.29. The lowest BCUT2D eigenvalue weighted by atomic mass is 10.2. The van der Waals surface area contributed by atoms with E-state index in [4.69, 9.17) is 5.11 Å². The normalized spacial score (nSPS) is 16.6. The first-order valence-electron chi connectivity index (χ1n) is 7.20. The number of rotatable bonds is 8. The average Bonchev–Trinajstić information content (AvgIpc) is 3.06. The second kappa shape index (κ2) is 7.57. The van der Waals surface area contributed by atoms with Crippen LogP contribution in [0.5, 0.6) is 0 Å². The van der Waals surface area contributed by atoms with Crippen LogP contribution in [0.15, 0.2) is 6.20 Å². The maximum atomic E-state index is 8.80. The minimum atomic E-state index is 0.0996. The number of hydrogen-bond donors (Lipinski definition) is 2. The Morgan fingerprint density at radius 3 is 3.00 bits per heavy atom. The molecule has 1 heterocycles. The molecule has 2 N–H and O–H groups in total. The molecule has 0 amide bonds. The highest BCUT2D eigenvalue weighted by Crippen LogP contribution is 2.21. The molecule has 6 nitrogen and oxygen atoms in total. The highest BCUT2D eigenvalue weighted by Gasteiger charge is 2.18. The van der Waals surface area contributed by atoms with Crippen molar-refractivity contribution in [3.63, 3.8) is 0 Å². The lowest BCUT2D eigenvalue weighted by Crippen LogP contribution is -2.35. The minimum absolute atomic E-state index is 0.0996.